The molecule has 0 aliphatic heterocycles. The van der Waals surface area contributed by atoms with Crippen molar-refractivity contribution in [1.82, 2.24) is 5.43 Å². The van der Waals surface area contributed by atoms with Gasteiger partial charge in [-0.3, -0.25) is 11.3 Å². The molecular formula is C9H20N2O. The van der Waals surface area contributed by atoms with Crippen LogP contribution in [-0.2, 0) is 4.74 Å². The van der Waals surface area contributed by atoms with Crippen molar-refractivity contribution in [3.63, 3.8) is 0 Å². The van der Waals surface area contributed by atoms with Crippen molar-refractivity contribution < 1.29 is 4.74 Å². The van der Waals surface area contributed by atoms with Gasteiger partial charge in [0.15, 0.2) is 0 Å². The Hall–Kier alpha value is -0.380. The summed E-state index contributed by atoms with van der Waals surface area (Å²) in [6, 6.07) is 0.0648. The Morgan fingerprint density at radius 3 is 2.42 bits per heavy atom. The Balaban J connectivity index is 4.12. The second kappa shape index (κ2) is 6.17. The van der Waals surface area contributed by atoms with Crippen molar-refractivity contribution in [3.05, 3.63) is 12.2 Å². The highest BCUT2D eigenvalue weighted by Crippen LogP contribution is 2.10. The molecule has 72 valence electrons. The van der Waals surface area contributed by atoms with E-state index in [1.54, 1.807) is 0 Å². The largest absolute Gasteiger partial charge is 0.376 e. The maximum atomic E-state index is 5.50. The van der Waals surface area contributed by atoms with Gasteiger partial charge < -0.3 is 4.74 Å². The molecule has 0 aromatic heterocycles. The van der Waals surface area contributed by atoms with Crippen LogP contribution in [0.5, 0.6) is 0 Å². The molecule has 0 amide bonds. The number of rotatable bonds is 6. The molecule has 0 aromatic rings. The van der Waals surface area contributed by atoms with Gasteiger partial charge in [-0.1, -0.05) is 19.1 Å². The summed E-state index contributed by atoms with van der Waals surface area (Å²) in [5, 5.41) is 0. The van der Waals surface area contributed by atoms with Crippen LogP contribution in [0, 0.1) is 0 Å². The van der Waals surface area contributed by atoms with Gasteiger partial charge in [0.05, 0.1) is 12.1 Å². The first-order valence-corrected chi connectivity index (χ1v) is 4.40. The molecule has 0 rings (SSSR count). The van der Waals surface area contributed by atoms with Crippen LogP contribution < -0.4 is 11.3 Å². The zero-order valence-corrected chi connectivity index (χ0v) is 8.26. The predicted octanol–water partition coefficient (Wildman–Crippen LogP) is 1.21. The van der Waals surface area contributed by atoms with E-state index in [9.17, 15) is 0 Å². The van der Waals surface area contributed by atoms with E-state index < -0.39 is 0 Å². The third kappa shape index (κ3) is 3.34. The number of hydrogen-bond donors (Lipinski definition) is 2. The molecule has 3 nitrogen and oxygen atoms in total. The standard InChI is InChI=1S/C9H20N2O/c1-5-8(12-6-2)9(11-10)7(3)4/h8-9,11H,3,5-6,10H2,1-2,4H3. The fourth-order valence-electron chi connectivity index (χ4n) is 1.23. The highest BCUT2D eigenvalue weighted by molar-refractivity contribution is 5.04. The van der Waals surface area contributed by atoms with Crippen molar-refractivity contribution in [2.24, 2.45) is 5.84 Å². The van der Waals surface area contributed by atoms with Gasteiger partial charge in [-0.2, -0.15) is 0 Å². The third-order valence-corrected chi connectivity index (χ3v) is 1.87. The number of nitrogens with two attached hydrogens (primary N) is 1. The summed E-state index contributed by atoms with van der Waals surface area (Å²) in [5.41, 5.74) is 3.72. The molecule has 0 saturated heterocycles. The van der Waals surface area contributed by atoms with Gasteiger partial charge >= 0.3 is 0 Å². The Kier molecular flexibility index (Phi) is 5.98. The highest BCUT2D eigenvalue weighted by atomic mass is 16.5. The molecule has 0 fully saturated rings. The summed E-state index contributed by atoms with van der Waals surface area (Å²) in [7, 11) is 0. The fourth-order valence-corrected chi connectivity index (χ4v) is 1.23. The van der Waals surface area contributed by atoms with Crippen LogP contribution in [0.1, 0.15) is 27.2 Å². The van der Waals surface area contributed by atoms with Gasteiger partial charge in [-0.05, 0) is 20.3 Å². The van der Waals surface area contributed by atoms with Crippen LogP contribution in [0.2, 0.25) is 0 Å². The minimum atomic E-state index is 0.0648. The van der Waals surface area contributed by atoms with E-state index in [-0.39, 0.29) is 12.1 Å². The molecule has 0 saturated carbocycles. The van der Waals surface area contributed by atoms with Crippen LogP contribution in [0.3, 0.4) is 0 Å². The smallest absolute Gasteiger partial charge is 0.0776 e. The third-order valence-electron chi connectivity index (χ3n) is 1.87. The van der Waals surface area contributed by atoms with Crippen LogP contribution in [-0.4, -0.2) is 18.8 Å². The van der Waals surface area contributed by atoms with Crippen molar-refractivity contribution in [3.8, 4) is 0 Å². The van der Waals surface area contributed by atoms with E-state index in [0.29, 0.717) is 6.61 Å². The molecule has 2 unspecified atom stereocenters. The first kappa shape index (κ1) is 11.6. The van der Waals surface area contributed by atoms with E-state index in [4.69, 9.17) is 10.6 Å². The van der Waals surface area contributed by atoms with Gasteiger partial charge in [0, 0.05) is 6.61 Å². The second-order valence-electron chi connectivity index (χ2n) is 2.89. The number of hydrazine groups is 1. The van der Waals surface area contributed by atoms with Crippen LogP contribution in [0.25, 0.3) is 0 Å². The van der Waals surface area contributed by atoms with Crippen LogP contribution in [0.4, 0.5) is 0 Å². The summed E-state index contributed by atoms with van der Waals surface area (Å²) < 4.78 is 5.50. The van der Waals surface area contributed by atoms with E-state index in [1.165, 1.54) is 0 Å². The lowest BCUT2D eigenvalue weighted by Crippen LogP contribution is -2.45. The van der Waals surface area contributed by atoms with Gasteiger partial charge in [-0.15, -0.1) is 0 Å². The zero-order chi connectivity index (χ0) is 9.56. The molecule has 0 heterocycles. The molecule has 0 radical (unpaired) electrons. The number of nitrogens with one attached hydrogen (secondary N) is 1. The van der Waals surface area contributed by atoms with Crippen molar-refractivity contribution in [2.45, 2.75) is 39.3 Å². The van der Waals surface area contributed by atoms with Crippen LogP contribution in [0.15, 0.2) is 12.2 Å². The summed E-state index contributed by atoms with van der Waals surface area (Å²) in [6.07, 6.45) is 1.08. The summed E-state index contributed by atoms with van der Waals surface area (Å²) in [4.78, 5) is 0. The molecule has 0 bridgehead atoms. The van der Waals surface area contributed by atoms with Crippen molar-refractivity contribution >= 4 is 0 Å². The average molecular weight is 172 g/mol. The maximum Gasteiger partial charge on any atom is 0.0776 e. The van der Waals surface area contributed by atoms with Crippen LogP contribution >= 0.6 is 0 Å². The second-order valence-corrected chi connectivity index (χ2v) is 2.89. The quantitative estimate of drug-likeness (QED) is 0.359. The van der Waals surface area contributed by atoms with Crippen molar-refractivity contribution in [2.75, 3.05) is 6.61 Å². The first-order valence-electron chi connectivity index (χ1n) is 4.40. The molecule has 0 aliphatic carbocycles. The zero-order valence-electron chi connectivity index (χ0n) is 8.26. The monoisotopic (exact) mass is 172 g/mol. The van der Waals surface area contributed by atoms with E-state index in [2.05, 4.69) is 18.9 Å². The number of ether oxygens (including phenoxy) is 1. The summed E-state index contributed by atoms with van der Waals surface area (Å²) >= 11 is 0. The molecule has 0 spiro atoms. The molecule has 2 atom stereocenters. The topological polar surface area (TPSA) is 47.3 Å². The maximum absolute atomic E-state index is 5.50. The average Bonchev–Trinajstić information content (AvgIpc) is 2.03. The predicted molar refractivity (Wildman–Crippen MR) is 51.6 cm³/mol. The SMILES string of the molecule is C=C(C)C(NN)C(CC)OCC. The van der Waals surface area contributed by atoms with E-state index in [1.807, 2.05) is 13.8 Å². The van der Waals surface area contributed by atoms with E-state index >= 15 is 0 Å². The Morgan fingerprint density at radius 2 is 2.17 bits per heavy atom. The molecule has 0 aliphatic rings. The van der Waals surface area contributed by atoms with Gasteiger partial charge in [0.25, 0.3) is 0 Å². The number of hydrogen-bond acceptors (Lipinski definition) is 3. The molecule has 12 heavy (non-hydrogen) atoms. The minimum absolute atomic E-state index is 0.0648. The molecule has 3 heteroatoms. The summed E-state index contributed by atoms with van der Waals surface area (Å²) in [6.45, 7) is 10.6. The van der Waals surface area contributed by atoms with Crippen molar-refractivity contribution in [1.29, 1.82) is 0 Å². The first-order chi connectivity index (χ1) is 5.67. The van der Waals surface area contributed by atoms with Gasteiger partial charge in [-0.25, -0.2) is 0 Å². The lowest BCUT2D eigenvalue weighted by Gasteiger charge is -2.25. The Labute approximate surface area is 74.9 Å². The normalized spacial score (nSPS) is 15.7. The molecule has 3 N–H and O–H groups in total. The van der Waals surface area contributed by atoms with Gasteiger partial charge in [0.1, 0.15) is 0 Å². The Bertz CT molecular complexity index is 136. The Morgan fingerprint density at radius 1 is 1.58 bits per heavy atom. The summed E-state index contributed by atoms with van der Waals surface area (Å²) in [5.74, 6) is 5.39. The molecular weight excluding hydrogens is 152 g/mol. The lowest BCUT2D eigenvalue weighted by atomic mass is 10.0. The fraction of sp³-hybridized carbons (Fsp3) is 0.778. The molecule has 0 aromatic carbocycles. The minimum Gasteiger partial charge on any atom is -0.376 e. The highest BCUT2D eigenvalue weighted by Gasteiger charge is 2.18. The van der Waals surface area contributed by atoms with Gasteiger partial charge in [0.2, 0.25) is 0 Å². The van der Waals surface area contributed by atoms with E-state index in [0.717, 1.165) is 12.0 Å². The lowest BCUT2D eigenvalue weighted by molar-refractivity contribution is 0.0409.